The smallest absolute Gasteiger partial charge is 0.232 e. The van der Waals surface area contributed by atoms with E-state index in [0.29, 0.717) is 5.75 Å². The van der Waals surface area contributed by atoms with Gasteiger partial charge >= 0.3 is 0 Å². The van der Waals surface area contributed by atoms with Crippen molar-refractivity contribution < 1.29 is 4.79 Å². The lowest BCUT2D eigenvalue weighted by Crippen LogP contribution is -2.36. The van der Waals surface area contributed by atoms with Gasteiger partial charge in [0, 0.05) is 18.7 Å². The van der Waals surface area contributed by atoms with Gasteiger partial charge in [-0.25, -0.2) is 0 Å². The highest BCUT2D eigenvalue weighted by Crippen LogP contribution is 2.24. The predicted octanol–water partition coefficient (Wildman–Crippen LogP) is 3.87. The third-order valence-electron chi connectivity index (χ3n) is 4.36. The van der Waals surface area contributed by atoms with Crippen LogP contribution in [0.5, 0.6) is 0 Å². The van der Waals surface area contributed by atoms with Crippen molar-refractivity contribution >= 4 is 17.7 Å². The van der Waals surface area contributed by atoms with Crippen LogP contribution in [0.15, 0.2) is 35.4 Å². The van der Waals surface area contributed by atoms with E-state index in [1.807, 2.05) is 17.0 Å². The maximum Gasteiger partial charge on any atom is 0.232 e. The molecule has 3 rings (SSSR count). The van der Waals surface area contributed by atoms with Crippen LogP contribution >= 0.6 is 11.8 Å². The van der Waals surface area contributed by atoms with Crippen LogP contribution in [0.2, 0.25) is 0 Å². The molecule has 1 aliphatic rings. The number of amides is 1. The lowest BCUT2D eigenvalue weighted by molar-refractivity contribution is -0.129. The maximum absolute atomic E-state index is 12.2. The first kappa shape index (κ1) is 17.0. The summed E-state index contributed by atoms with van der Waals surface area (Å²) in [5, 5.41) is 9.43. The molecule has 1 fully saturated rings. The van der Waals surface area contributed by atoms with E-state index in [9.17, 15) is 4.79 Å². The second kappa shape index (κ2) is 7.79. The molecule has 0 atom stereocenters. The Morgan fingerprint density at radius 2 is 1.88 bits per heavy atom. The molecule has 1 saturated heterocycles. The molecule has 0 radical (unpaired) electrons. The van der Waals surface area contributed by atoms with Crippen molar-refractivity contribution in [2.75, 3.05) is 18.8 Å². The largest absolute Gasteiger partial charge is 0.342 e. The predicted molar refractivity (Wildman–Crippen MR) is 98.1 cm³/mol. The molecule has 1 aliphatic heterocycles. The number of aromatic nitrogens is 2. The molecule has 0 N–H and O–H groups in total. The second-order valence-corrected chi connectivity index (χ2v) is 7.30. The molecule has 5 heteroatoms. The summed E-state index contributed by atoms with van der Waals surface area (Å²) < 4.78 is 0. The number of thioether (sulfide) groups is 1. The van der Waals surface area contributed by atoms with E-state index in [0.717, 1.165) is 42.2 Å². The summed E-state index contributed by atoms with van der Waals surface area (Å²) in [6.07, 6.45) is 3.49. The Hall–Kier alpha value is -1.88. The molecule has 0 unspecified atom stereocenters. The topological polar surface area (TPSA) is 46.1 Å². The van der Waals surface area contributed by atoms with Crippen LogP contribution in [0.4, 0.5) is 0 Å². The minimum atomic E-state index is 0.208. The highest BCUT2D eigenvalue weighted by Gasteiger charge is 2.16. The molecule has 1 amide bonds. The van der Waals surface area contributed by atoms with Gasteiger partial charge in [-0.3, -0.25) is 4.79 Å². The zero-order valence-corrected chi connectivity index (χ0v) is 15.1. The Kier molecular flexibility index (Phi) is 5.51. The maximum atomic E-state index is 12.2. The van der Waals surface area contributed by atoms with Crippen molar-refractivity contribution in [1.82, 2.24) is 15.1 Å². The number of aryl methyl sites for hydroxylation is 2. The number of carbonyl (C=O) groups is 1. The lowest BCUT2D eigenvalue weighted by atomic mass is 10.0. The highest BCUT2D eigenvalue weighted by atomic mass is 32.2. The molecule has 24 heavy (non-hydrogen) atoms. The van der Waals surface area contributed by atoms with Gasteiger partial charge in [0.2, 0.25) is 5.91 Å². The number of rotatable bonds is 4. The van der Waals surface area contributed by atoms with Crippen molar-refractivity contribution in [3.63, 3.8) is 0 Å². The number of benzene rings is 1. The molecule has 1 aromatic heterocycles. The standard InChI is InChI=1S/C19H23N3OS/c1-14-6-7-15(2)16(12-14)17-8-9-18(21-20-17)24-13-19(23)22-10-4-3-5-11-22/h6-9,12H,3-5,10-11,13H2,1-2H3. The molecule has 2 aromatic rings. The SMILES string of the molecule is Cc1ccc(C)c(-c2ccc(SCC(=O)N3CCCCC3)nn2)c1. The molecular formula is C19H23N3OS. The van der Waals surface area contributed by atoms with E-state index in [1.54, 1.807) is 0 Å². The second-order valence-electron chi connectivity index (χ2n) is 6.31. The first-order valence-electron chi connectivity index (χ1n) is 8.45. The first-order valence-corrected chi connectivity index (χ1v) is 9.44. The third-order valence-corrected chi connectivity index (χ3v) is 5.27. The summed E-state index contributed by atoms with van der Waals surface area (Å²) in [7, 11) is 0. The lowest BCUT2D eigenvalue weighted by Gasteiger charge is -2.26. The summed E-state index contributed by atoms with van der Waals surface area (Å²) in [5.74, 6) is 0.650. The van der Waals surface area contributed by atoms with Crippen molar-refractivity contribution in [2.24, 2.45) is 0 Å². The van der Waals surface area contributed by atoms with Gasteiger partial charge in [-0.05, 0) is 56.9 Å². The molecule has 2 heterocycles. The van der Waals surface area contributed by atoms with Gasteiger partial charge in [-0.1, -0.05) is 29.5 Å². The van der Waals surface area contributed by atoms with Crippen molar-refractivity contribution in [2.45, 2.75) is 38.1 Å². The van der Waals surface area contributed by atoms with E-state index in [4.69, 9.17) is 0 Å². The minimum Gasteiger partial charge on any atom is -0.342 e. The highest BCUT2D eigenvalue weighted by molar-refractivity contribution is 7.99. The molecule has 0 spiro atoms. The van der Waals surface area contributed by atoms with Crippen molar-refractivity contribution in [3.05, 3.63) is 41.5 Å². The summed E-state index contributed by atoms with van der Waals surface area (Å²) in [4.78, 5) is 14.2. The summed E-state index contributed by atoms with van der Waals surface area (Å²) in [6, 6.07) is 10.3. The molecule has 1 aromatic carbocycles. The fourth-order valence-electron chi connectivity index (χ4n) is 2.92. The average molecular weight is 341 g/mol. The molecule has 0 aliphatic carbocycles. The van der Waals surface area contributed by atoms with Gasteiger partial charge in [0.25, 0.3) is 0 Å². The third kappa shape index (κ3) is 4.15. The van der Waals surface area contributed by atoms with Gasteiger partial charge in [0.1, 0.15) is 5.03 Å². The molecular weight excluding hydrogens is 318 g/mol. The number of carbonyl (C=O) groups excluding carboxylic acids is 1. The Balaban J connectivity index is 1.62. The van der Waals surface area contributed by atoms with Crippen LogP contribution in [0.3, 0.4) is 0 Å². The van der Waals surface area contributed by atoms with Gasteiger partial charge < -0.3 is 4.90 Å². The van der Waals surface area contributed by atoms with Crippen LogP contribution in [0.1, 0.15) is 30.4 Å². The van der Waals surface area contributed by atoms with Crippen LogP contribution in [0, 0.1) is 13.8 Å². The van der Waals surface area contributed by atoms with Crippen LogP contribution in [-0.4, -0.2) is 39.8 Å². The normalized spacial score (nSPS) is 14.7. The monoisotopic (exact) mass is 341 g/mol. The van der Waals surface area contributed by atoms with Crippen molar-refractivity contribution in [1.29, 1.82) is 0 Å². The Morgan fingerprint density at radius 1 is 1.08 bits per heavy atom. The number of hydrogen-bond donors (Lipinski definition) is 0. The van der Waals surface area contributed by atoms with Crippen LogP contribution in [-0.2, 0) is 4.79 Å². The molecule has 0 bridgehead atoms. The Morgan fingerprint density at radius 3 is 2.58 bits per heavy atom. The van der Waals surface area contributed by atoms with E-state index in [2.05, 4.69) is 42.2 Å². The molecule has 4 nitrogen and oxygen atoms in total. The molecule has 0 saturated carbocycles. The molecule has 126 valence electrons. The fourth-order valence-corrected chi connectivity index (χ4v) is 3.64. The van der Waals surface area contributed by atoms with Gasteiger partial charge in [-0.15, -0.1) is 10.2 Å². The van der Waals surface area contributed by atoms with E-state index in [-0.39, 0.29) is 5.91 Å². The van der Waals surface area contributed by atoms with E-state index < -0.39 is 0 Å². The first-order chi connectivity index (χ1) is 11.6. The van der Waals surface area contributed by atoms with Crippen LogP contribution < -0.4 is 0 Å². The Labute approximate surface area is 147 Å². The van der Waals surface area contributed by atoms with E-state index in [1.165, 1.54) is 29.3 Å². The Bertz CT molecular complexity index is 709. The van der Waals surface area contributed by atoms with Crippen molar-refractivity contribution in [3.8, 4) is 11.3 Å². The average Bonchev–Trinajstić information content (AvgIpc) is 2.63. The van der Waals surface area contributed by atoms with E-state index >= 15 is 0 Å². The number of piperidine rings is 1. The minimum absolute atomic E-state index is 0.208. The quantitative estimate of drug-likeness (QED) is 0.792. The zero-order chi connectivity index (χ0) is 16.9. The van der Waals surface area contributed by atoms with Crippen LogP contribution in [0.25, 0.3) is 11.3 Å². The van der Waals surface area contributed by atoms with Gasteiger partial charge in [-0.2, -0.15) is 0 Å². The number of hydrogen-bond acceptors (Lipinski definition) is 4. The zero-order valence-electron chi connectivity index (χ0n) is 14.3. The summed E-state index contributed by atoms with van der Waals surface area (Å²) >= 11 is 1.47. The van der Waals surface area contributed by atoms with Gasteiger partial charge in [0.05, 0.1) is 11.4 Å². The van der Waals surface area contributed by atoms with Gasteiger partial charge in [0.15, 0.2) is 0 Å². The summed E-state index contributed by atoms with van der Waals surface area (Å²) in [5.41, 5.74) is 4.39. The number of likely N-dealkylation sites (tertiary alicyclic amines) is 1. The fraction of sp³-hybridized carbons (Fsp3) is 0.421. The summed E-state index contributed by atoms with van der Waals surface area (Å²) in [6.45, 7) is 5.95. The number of nitrogens with zero attached hydrogens (tertiary/aromatic N) is 3.